The van der Waals surface area contributed by atoms with Crippen molar-refractivity contribution >= 4 is 44.4 Å². The molecule has 1 aliphatic heterocycles. The van der Waals surface area contributed by atoms with Gasteiger partial charge in [0.15, 0.2) is 6.23 Å². The molecule has 4 rings (SSSR count). The molecule has 4 atom stereocenters. The van der Waals surface area contributed by atoms with E-state index in [9.17, 15) is 15.0 Å². The number of ether oxygens (including phenoxy) is 1. The molecule has 0 spiro atoms. The number of nitrogens with zero attached hydrogens (tertiary/aromatic N) is 3. The number of aliphatic hydroxyl groups is 2. The highest BCUT2D eigenvalue weighted by atomic mass is 79.9. The van der Waals surface area contributed by atoms with Gasteiger partial charge in [-0.3, -0.25) is 4.90 Å². The number of nitrogens with one attached hydrogen (secondary N) is 2. The summed E-state index contributed by atoms with van der Waals surface area (Å²) in [5, 5.41) is 28.3. The first kappa shape index (κ1) is 30.3. The van der Waals surface area contributed by atoms with Crippen molar-refractivity contribution < 1.29 is 19.7 Å². The Morgan fingerprint density at radius 3 is 2.55 bits per heavy atom. The van der Waals surface area contributed by atoms with Gasteiger partial charge in [-0.05, 0) is 65.4 Å². The van der Waals surface area contributed by atoms with Crippen LogP contribution in [0.4, 0.5) is 16.2 Å². The van der Waals surface area contributed by atoms with Crippen molar-refractivity contribution in [3.05, 3.63) is 52.8 Å². The fourth-order valence-electron chi connectivity index (χ4n) is 4.96. The van der Waals surface area contributed by atoms with E-state index in [1.54, 1.807) is 23.0 Å². The molecule has 3 heterocycles. The molecule has 1 aliphatic rings. The first-order valence-corrected chi connectivity index (χ1v) is 14.5. The second kappa shape index (κ2) is 12.4. The minimum Gasteiger partial charge on any atom is -0.398 e. The first-order chi connectivity index (χ1) is 18.9. The number of urea groups is 1. The average molecular weight is 618 g/mol. The molecule has 1 fully saturated rings. The van der Waals surface area contributed by atoms with Gasteiger partial charge in [0.2, 0.25) is 0 Å². The Kier molecular flexibility index (Phi) is 9.41. The summed E-state index contributed by atoms with van der Waals surface area (Å²) < 4.78 is 8.64. The predicted octanol–water partition coefficient (Wildman–Crippen LogP) is 4.22. The minimum absolute atomic E-state index is 0.0568. The second-order valence-corrected chi connectivity index (χ2v) is 12.5. The Balaban J connectivity index is 1.30. The van der Waals surface area contributed by atoms with Crippen molar-refractivity contribution in [1.82, 2.24) is 19.8 Å². The third-order valence-corrected chi connectivity index (χ3v) is 7.97. The SMILES string of the molecule is CC(C)N(CCCNC(=O)Nc1ccc(C(C)(C)C)cc1)C[C@H]1O[C@@H](n2cc(Br)c3c(N)ccnc32)[C@@H](O)C1O. The van der Waals surface area contributed by atoms with Crippen LogP contribution in [-0.4, -0.2) is 74.7 Å². The van der Waals surface area contributed by atoms with Gasteiger partial charge < -0.3 is 35.9 Å². The molecule has 1 saturated heterocycles. The fraction of sp³-hybridized carbons (Fsp3) is 0.517. The van der Waals surface area contributed by atoms with E-state index in [2.05, 4.69) is 71.1 Å². The molecule has 11 heteroatoms. The molecule has 3 aromatic rings. The Hall–Kier alpha value is -2.70. The third-order valence-electron chi connectivity index (χ3n) is 7.37. The summed E-state index contributed by atoms with van der Waals surface area (Å²) in [6.45, 7) is 12.2. The number of hydrogen-bond acceptors (Lipinski definition) is 7. The maximum atomic E-state index is 12.4. The summed E-state index contributed by atoms with van der Waals surface area (Å²) in [4.78, 5) is 19.0. The van der Waals surface area contributed by atoms with Crippen LogP contribution in [0.15, 0.2) is 47.2 Å². The van der Waals surface area contributed by atoms with Gasteiger partial charge in [-0.2, -0.15) is 0 Å². The molecular weight excluding hydrogens is 576 g/mol. The third kappa shape index (κ3) is 6.77. The predicted molar refractivity (Wildman–Crippen MR) is 161 cm³/mol. The molecule has 218 valence electrons. The number of aromatic nitrogens is 2. The summed E-state index contributed by atoms with van der Waals surface area (Å²) in [5.74, 6) is 0. The first-order valence-electron chi connectivity index (χ1n) is 13.7. The summed E-state index contributed by atoms with van der Waals surface area (Å²) in [6, 6.07) is 9.51. The molecule has 2 amide bonds. The molecule has 0 radical (unpaired) electrons. The van der Waals surface area contributed by atoms with E-state index < -0.39 is 24.5 Å². The number of carbonyl (C=O) groups excluding carboxylic acids is 1. The van der Waals surface area contributed by atoms with Crippen LogP contribution in [0.1, 0.15) is 52.8 Å². The standard InChI is InChI=1S/C29H41BrN6O4/c1-17(2)35(14-6-12-33-28(39)34-19-9-7-18(8-10-19)29(3,4)5)16-22-24(37)25(38)27(40-22)36-15-20(30)23-21(31)11-13-32-26(23)36/h7-11,13,15,17,22,24-25,27,37-38H,6,12,14,16H2,1-5H3,(H2,31,32)(H2,33,34,39)/t22-,24?,25+,27-/m1/s1. The number of anilines is 2. The molecular formula is C29H41BrN6O4. The van der Waals surface area contributed by atoms with E-state index in [1.165, 1.54) is 5.56 Å². The zero-order valence-electron chi connectivity index (χ0n) is 23.8. The Bertz CT molecular complexity index is 1310. The highest BCUT2D eigenvalue weighted by Gasteiger charge is 2.45. The molecule has 0 bridgehead atoms. The number of amides is 2. The second-order valence-electron chi connectivity index (χ2n) is 11.7. The van der Waals surface area contributed by atoms with Crippen LogP contribution in [0.2, 0.25) is 0 Å². The number of nitrogens with two attached hydrogens (primary N) is 1. The number of aliphatic hydroxyl groups excluding tert-OH is 2. The van der Waals surface area contributed by atoms with Gasteiger partial charge >= 0.3 is 6.03 Å². The van der Waals surface area contributed by atoms with Crippen LogP contribution >= 0.6 is 15.9 Å². The number of rotatable bonds is 9. The van der Waals surface area contributed by atoms with Crippen LogP contribution < -0.4 is 16.4 Å². The van der Waals surface area contributed by atoms with Crippen LogP contribution in [-0.2, 0) is 10.2 Å². The maximum Gasteiger partial charge on any atom is 0.319 e. The lowest BCUT2D eigenvalue weighted by molar-refractivity contribution is -0.0466. The highest BCUT2D eigenvalue weighted by Crippen LogP contribution is 2.37. The Morgan fingerprint density at radius 1 is 1.20 bits per heavy atom. The number of hydrogen-bond donors (Lipinski definition) is 5. The number of benzene rings is 1. The van der Waals surface area contributed by atoms with Crippen molar-refractivity contribution in [2.24, 2.45) is 0 Å². The lowest BCUT2D eigenvalue weighted by Gasteiger charge is -2.30. The molecule has 6 N–H and O–H groups in total. The van der Waals surface area contributed by atoms with Gasteiger partial charge in [-0.1, -0.05) is 32.9 Å². The molecule has 0 aliphatic carbocycles. The summed E-state index contributed by atoms with van der Waals surface area (Å²) >= 11 is 3.52. The van der Waals surface area contributed by atoms with Crippen LogP contribution in [0.25, 0.3) is 11.0 Å². The normalized spacial score (nSPS) is 21.4. The van der Waals surface area contributed by atoms with Crippen LogP contribution in [0.3, 0.4) is 0 Å². The van der Waals surface area contributed by atoms with Crippen molar-refractivity contribution in [1.29, 1.82) is 0 Å². The molecule has 40 heavy (non-hydrogen) atoms. The van der Waals surface area contributed by atoms with E-state index in [-0.39, 0.29) is 17.5 Å². The summed E-state index contributed by atoms with van der Waals surface area (Å²) in [7, 11) is 0. The van der Waals surface area contributed by atoms with Gasteiger partial charge in [0.25, 0.3) is 0 Å². The minimum atomic E-state index is -1.13. The van der Waals surface area contributed by atoms with E-state index in [0.717, 1.165) is 15.5 Å². The Morgan fingerprint density at radius 2 is 1.90 bits per heavy atom. The molecule has 1 aromatic carbocycles. The van der Waals surface area contributed by atoms with Gasteiger partial charge in [-0.15, -0.1) is 0 Å². The molecule has 1 unspecified atom stereocenters. The number of pyridine rings is 1. The fourth-order valence-corrected chi connectivity index (χ4v) is 5.59. The van der Waals surface area contributed by atoms with E-state index in [0.29, 0.717) is 37.4 Å². The summed E-state index contributed by atoms with van der Waals surface area (Å²) in [5.41, 5.74) is 9.26. The van der Waals surface area contributed by atoms with Gasteiger partial charge in [0.1, 0.15) is 24.0 Å². The highest BCUT2D eigenvalue weighted by molar-refractivity contribution is 9.10. The van der Waals surface area contributed by atoms with Crippen LogP contribution in [0.5, 0.6) is 0 Å². The lowest BCUT2D eigenvalue weighted by Crippen LogP contribution is -2.44. The van der Waals surface area contributed by atoms with Crippen molar-refractivity contribution in [3.63, 3.8) is 0 Å². The van der Waals surface area contributed by atoms with Crippen LogP contribution in [0, 0.1) is 0 Å². The summed E-state index contributed by atoms with van der Waals surface area (Å²) in [6.07, 6.45) is 0.471. The smallest absolute Gasteiger partial charge is 0.319 e. The van der Waals surface area contributed by atoms with Gasteiger partial charge in [-0.25, -0.2) is 9.78 Å². The van der Waals surface area contributed by atoms with E-state index >= 15 is 0 Å². The molecule has 0 saturated carbocycles. The molecule has 10 nitrogen and oxygen atoms in total. The number of carbonyl (C=O) groups is 1. The van der Waals surface area contributed by atoms with Crippen molar-refractivity contribution in [2.75, 3.05) is 30.7 Å². The quantitative estimate of drug-likeness (QED) is 0.227. The number of halogens is 1. The van der Waals surface area contributed by atoms with Gasteiger partial charge in [0.05, 0.1) is 5.39 Å². The van der Waals surface area contributed by atoms with Crippen molar-refractivity contribution in [2.45, 2.75) is 77.0 Å². The number of nitrogen functional groups attached to an aromatic ring is 1. The van der Waals surface area contributed by atoms with Gasteiger partial charge in [0, 0.05) is 53.9 Å². The molecule has 2 aromatic heterocycles. The maximum absolute atomic E-state index is 12.4. The Labute approximate surface area is 244 Å². The van der Waals surface area contributed by atoms with E-state index in [1.807, 2.05) is 24.3 Å². The average Bonchev–Trinajstić information content (AvgIpc) is 3.37. The zero-order valence-corrected chi connectivity index (χ0v) is 25.4. The zero-order chi connectivity index (χ0) is 29.2. The monoisotopic (exact) mass is 616 g/mol. The topological polar surface area (TPSA) is 138 Å². The largest absolute Gasteiger partial charge is 0.398 e. The lowest BCUT2D eigenvalue weighted by atomic mass is 9.87. The number of fused-ring (bicyclic) bond motifs is 1. The van der Waals surface area contributed by atoms with Crippen molar-refractivity contribution in [3.8, 4) is 0 Å². The van der Waals surface area contributed by atoms with E-state index in [4.69, 9.17) is 10.5 Å².